The maximum atomic E-state index is 11.0. The van der Waals surface area contributed by atoms with Crippen molar-refractivity contribution in [1.29, 1.82) is 0 Å². The van der Waals surface area contributed by atoms with Crippen molar-refractivity contribution in [2.24, 2.45) is 0 Å². The Morgan fingerprint density at radius 3 is 2.81 bits per heavy atom. The van der Waals surface area contributed by atoms with Crippen LogP contribution in [0.15, 0.2) is 18.2 Å². The van der Waals surface area contributed by atoms with E-state index in [2.05, 4.69) is 4.74 Å². The van der Waals surface area contributed by atoms with E-state index < -0.39 is 11.9 Å². The van der Waals surface area contributed by atoms with Crippen LogP contribution in [0.1, 0.15) is 24.8 Å². The Bertz CT molecular complexity index is 499. The number of unbranched alkanes of at least 4 members (excludes halogenated alkanes) is 1. The summed E-state index contributed by atoms with van der Waals surface area (Å²) in [5.41, 5.74) is 1.02. The maximum Gasteiger partial charge on any atom is 0.510 e. The summed E-state index contributed by atoms with van der Waals surface area (Å²) < 4.78 is 20.3. The van der Waals surface area contributed by atoms with Crippen LogP contribution in [0, 0.1) is 6.92 Å². The second-order valence-corrected chi connectivity index (χ2v) is 5.38. The quantitative estimate of drug-likeness (QED) is 0.436. The fourth-order valence-corrected chi connectivity index (χ4v) is 2.05. The Hall–Kier alpha value is -1.46. The molecule has 1 aliphatic heterocycles. The first-order chi connectivity index (χ1) is 10.0. The van der Waals surface area contributed by atoms with E-state index in [4.69, 9.17) is 25.8 Å². The number of rotatable bonds is 7. The van der Waals surface area contributed by atoms with Crippen LogP contribution in [0.3, 0.4) is 0 Å². The third-order valence-corrected chi connectivity index (χ3v) is 3.67. The Labute approximate surface area is 129 Å². The average Bonchev–Trinajstić information content (AvgIpc) is 3.22. The molecule has 0 aromatic heterocycles. The first-order valence-electron chi connectivity index (χ1n) is 6.84. The number of halogens is 1. The summed E-state index contributed by atoms with van der Waals surface area (Å²) in [5, 5.41) is 0.698. The summed E-state index contributed by atoms with van der Waals surface area (Å²) in [4.78, 5) is 11.0. The van der Waals surface area contributed by atoms with Crippen molar-refractivity contribution in [3.63, 3.8) is 0 Å². The fourth-order valence-electron chi connectivity index (χ4n) is 1.88. The molecule has 0 radical (unpaired) electrons. The third-order valence-electron chi connectivity index (χ3n) is 3.27. The van der Waals surface area contributed by atoms with Crippen LogP contribution in [0.2, 0.25) is 5.02 Å². The summed E-state index contributed by atoms with van der Waals surface area (Å²) in [6.45, 7) is 2.95. The molecule has 1 fully saturated rings. The van der Waals surface area contributed by atoms with Gasteiger partial charge >= 0.3 is 6.16 Å². The topological polar surface area (TPSA) is 57.3 Å². The van der Waals surface area contributed by atoms with Crippen LogP contribution < -0.4 is 4.74 Å². The molecular formula is C15H19ClO5. The highest BCUT2D eigenvalue weighted by molar-refractivity contribution is 6.31. The zero-order chi connectivity index (χ0) is 15.3. The SMILES string of the molecule is COC(=O)OC1(CCCCOc2ccc(C)c(Cl)c2)CO1. The van der Waals surface area contributed by atoms with E-state index in [0.717, 1.165) is 24.2 Å². The van der Waals surface area contributed by atoms with E-state index in [1.54, 1.807) is 0 Å². The highest BCUT2D eigenvalue weighted by atomic mass is 35.5. The summed E-state index contributed by atoms with van der Waals surface area (Å²) in [6.07, 6.45) is 1.59. The number of hydrogen-bond donors (Lipinski definition) is 0. The number of benzene rings is 1. The second kappa shape index (κ2) is 7.00. The number of epoxide rings is 1. The molecule has 6 heteroatoms. The number of methoxy groups -OCH3 is 1. The molecule has 0 bridgehead atoms. The van der Waals surface area contributed by atoms with E-state index in [9.17, 15) is 4.79 Å². The van der Waals surface area contributed by atoms with Gasteiger partial charge in [0.15, 0.2) is 0 Å². The van der Waals surface area contributed by atoms with Gasteiger partial charge < -0.3 is 18.9 Å². The molecule has 1 aromatic carbocycles. The van der Waals surface area contributed by atoms with Gasteiger partial charge in [-0.25, -0.2) is 4.79 Å². The van der Waals surface area contributed by atoms with Crippen LogP contribution in [-0.2, 0) is 14.2 Å². The van der Waals surface area contributed by atoms with Gasteiger partial charge in [0.05, 0.1) is 13.7 Å². The summed E-state index contributed by atoms with van der Waals surface area (Å²) in [6, 6.07) is 5.63. The zero-order valence-electron chi connectivity index (χ0n) is 12.2. The minimum absolute atomic E-state index is 0.427. The Balaban J connectivity index is 1.64. The molecule has 0 saturated carbocycles. The van der Waals surface area contributed by atoms with Crippen LogP contribution in [0.5, 0.6) is 5.75 Å². The third kappa shape index (κ3) is 4.79. The molecular weight excluding hydrogens is 296 g/mol. The standard InChI is InChI=1S/C15H19ClO5/c1-11-5-6-12(9-13(11)16)19-8-4-3-7-15(10-20-15)21-14(17)18-2/h5-6,9H,3-4,7-8,10H2,1-2H3. The summed E-state index contributed by atoms with van der Waals surface area (Å²) >= 11 is 6.03. The molecule has 0 spiro atoms. The van der Waals surface area contributed by atoms with Crippen LogP contribution in [0.4, 0.5) is 4.79 Å². The smallest absolute Gasteiger partial charge is 0.494 e. The molecule has 116 valence electrons. The van der Waals surface area contributed by atoms with Crippen LogP contribution in [0.25, 0.3) is 0 Å². The van der Waals surface area contributed by atoms with Gasteiger partial charge in [-0.3, -0.25) is 0 Å². The van der Waals surface area contributed by atoms with Gasteiger partial charge in [-0.1, -0.05) is 17.7 Å². The van der Waals surface area contributed by atoms with E-state index >= 15 is 0 Å². The number of hydrogen-bond acceptors (Lipinski definition) is 5. The Kier molecular flexibility index (Phi) is 5.31. The minimum Gasteiger partial charge on any atom is -0.494 e. The molecule has 1 aliphatic rings. The minimum atomic E-state index is -0.778. The number of carbonyl (C=O) groups excluding carboxylic acids is 1. The molecule has 0 aliphatic carbocycles. The monoisotopic (exact) mass is 314 g/mol. The van der Waals surface area contributed by atoms with Gasteiger partial charge in [0.1, 0.15) is 12.4 Å². The predicted molar refractivity (Wildman–Crippen MR) is 77.7 cm³/mol. The van der Waals surface area contributed by atoms with Gasteiger partial charge in [-0.15, -0.1) is 0 Å². The van der Waals surface area contributed by atoms with Gasteiger partial charge in [-0.2, -0.15) is 0 Å². The van der Waals surface area contributed by atoms with Crippen molar-refractivity contribution >= 4 is 17.8 Å². The van der Waals surface area contributed by atoms with Crippen molar-refractivity contribution < 1.29 is 23.7 Å². The van der Waals surface area contributed by atoms with E-state index in [1.165, 1.54) is 7.11 Å². The van der Waals surface area contributed by atoms with E-state index in [-0.39, 0.29) is 0 Å². The van der Waals surface area contributed by atoms with Crippen molar-refractivity contribution in [1.82, 2.24) is 0 Å². The lowest BCUT2D eigenvalue weighted by atomic mass is 10.2. The van der Waals surface area contributed by atoms with Gasteiger partial charge in [-0.05, 0) is 37.5 Å². The molecule has 21 heavy (non-hydrogen) atoms. The lowest BCUT2D eigenvalue weighted by Gasteiger charge is -2.12. The summed E-state index contributed by atoms with van der Waals surface area (Å²) in [5.74, 6) is -0.0194. The Morgan fingerprint density at radius 2 is 2.19 bits per heavy atom. The molecule has 1 heterocycles. The van der Waals surface area contributed by atoms with Crippen LogP contribution in [-0.4, -0.2) is 32.3 Å². The van der Waals surface area contributed by atoms with Gasteiger partial charge in [0.25, 0.3) is 0 Å². The average molecular weight is 315 g/mol. The lowest BCUT2D eigenvalue weighted by molar-refractivity contribution is -0.0326. The number of aryl methyl sites for hydroxylation is 1. The van der Waals surface area contributed by atoms with Crippen molar-refractivity contribution in [2.45, 2.75) is 32.0 Å². The maximum absolute atomic E-state index is 11.0. The normalized spacial score (nSPS) is 20.0. The lowest BCUT2D eigenvalue weighted by Crippen LogP contribution is -2.21. The van der Waals surface area contributed by atoms with Crippen molar-refractivity contribution in [3.05, 3.63) is 28.8 Å². The first kappa shape index (κ1) is 15.9. The molecule has 1 aromatic rings. The first-order valence-corrected chi connectivity index (χ1v) is 7.22. The van der Waals surface area contributed by atoms with E-state index in [0.29, 0.717) is 24.7 Å². The fraction of sp³-hybridized carbons (Fsp3) is 0.533. The molecule has 0 amide bonds. The molecule has 2 rings (SSSR count). The predicted octanol–water partition coefficient (Wildman–Crippen LogP) is 3.71. The van der Waals surface area contributed by atoms with Crippen LogP contribution >= 0.6 is 11.6 Å². The van der Waals surface area contributed by atoms with Crippen molar-refractivity contribution in [2.75, 3.05) is 20.3 Å². The molecule has 1 atom stereocenters. The van der Waals surface area contributed by atoms with Crippen molar-refractivity contribution in [3.8, 4) is 5.75 Å². The number of ether oxygens (including phenoxy) is 4. The molecule has 0 N–H and O–H groups in total. The van der Waals surface area contributed by atoms with E-state index in [1.807, 2.05) is 25.1 Å². The summed E-state index contributed by atoms with van der Waals surface area (Å²) in [7, 11) is 1.28. The molecule has 5 nitrogen and oxygen atoms in total. The highest BCUT2D eigenvalue weighted by Crippen LogP contribution is 2.34. The largest absolute Gasteiger partial charge is 0.510 e. The second-order valence-electron chi connectivity index (χ2n) is 4.97. The molecule has 1 unspecified atom stereocenters. The highest BCUT2D eigenvalue weighted by Gasteiger charge is 2.49. The molecule has 1 saturated heterocycles. The van der Waals surface area contributed by atoms with Gasteiger partial charge in [0.2, 0.25) is 5.79 Å². The van der Waals surface area contributed by atoms with Gasteiger partial charge in [0, 0.05) is 11.4 Å². The Morgan fingerprint density at radius 1 is 1.43 bits per heavy atom. The number of carbonyl (C=O) groups is 1. The zero-order valence-corrected chi connectivity index (χ0v) is 12.9.